The Hall–Kier alpha value is -1.39. The van der Waals surface area contributed by atoms with Crippen molar-refractivity contribution in [3.63, 3.8) is 0 Å². The molecule has 0 amide bonds. The van der Waals surface area contributed by atoms with Crippen molar-refractivity contribution >= 4 is 11.3 Å². The number of nitrogens with two attached hydrogens (primary N) is 1. The monoisotopic (exact) mass is 234 g/mol. The molecule has 0 spiro atoms. The van der Waals surface area contributed by atoms with Gasteiger partial charge in [-0.1, -0.05) is 6.07 Å². The van der Waals surface area contributed by atoms with Crippen molar-refractivity contribution in [3.8, 4) is 5.88 Å². The van der Waals surface area contributed by atoms with E-state index in [4.69, 9.17) is 10.5 Å². The van der Waals surface area contributed by atoms with E-state index in [0.29, 0.717) is 12.5 Å². The quantitative estimate of drug-likeness (QED) is 0.884. The molecule has 0 fully saturated rings. The predicted octanol–water partition coefficient (Wildman–Crippen LogP) is 2.74. The normalized spacial score (nSPS) is 12.4. The van der Waals surface area contributed by atoms with Gasteiger partial charge < -0.3 is 10.5 Å². The van der Waals surface area contributed by atoms with Crippen LogP contribution in [0.5, 0.6) is 5.88 Å². The number of thiophene rings is 1. The lowest BCUT2D eigenvalue weighted by molar-refractivity contribution is 0.297. The lowest BCUT2D eigenvalue weighted by Crippen LogP contribution is -2.05. The molecular formula is C12H14N2OS. The summed E-state index contributed by atoms with van der Waals surface area (Å²) in [4.78, 5) is 5.34. The number of ether oxygens (including phenoxy) is 1. The first-order valence-corrected chi connectivity index (χ1v) is 6.00. The molecule has 2 aromatic rings. The van der Waals surface area contributed by atoms with Gasteiger partial charge in [-0.3, -0.25) is 0 Å². The van der Waals surface area contributed by atoms with Crippen LogP contribution in [-0.2, 0) is 6.61 Å². The average Bonchev–Trinajstić information content (AvgIpc) is 2.79. The highest BCUT2D eigenvalue weighted by Gasteiger charge is 2.02. The molecular weight excluding hydrogens is 220 g/mol. The van der Waals surface area contributed by atoms with Gasteiger partial charge in [-0.15, -0.1) is 11.3 Å². The number of pyridine rings is 1. The molecule has 0 saturated heterocycles. The van der Waals surface area contributed by atoms with Gasteiger partial charge in [-0.2, -0.15) is 0 Å². The SMILES string of the molecule is C[C@@H](N)c1ccnc(OCc2cccs2)c1. The van der Waals surface area contributed by atoms with E-state index in [1.165, 1.54) is 4.88 Å². The summed E-state index contributed by atoms with van der Waals surface area (Å²) in [6, 6.07) is 7.85. The standard InChI is InChI=1S/C12H14N2OS/c1-9(13)10-4-5-14-12(7-10)15-8-11-3-2-6-16-11/h2-7,9H,8,13H2,1H3/t9-/m1/s1. The zero-order valence-corrected chi connectivity index (χ0v) is 9.91. The first-order valence-electron chi connectivity index (χ1n) is 5.12. The molecule has 0 radical (unpaired) electrons. The summed E-state index contributed by atoms with van der Waals surface area (Å²) in [7, 11) is 0. The second-order valence-corrected chi connectivity index (χ2v) is 4.62. The van der Waals surface area contributed by atoms with E-state index in [1.807, 2.05) is 36.6 Å². The highest BCUT2D eigenvalue weighted by Crippen LogP contribution is 2.17. The van der Waals surface area contributed by atoms with E-state index >= 15 is 0 Å². The smallest absolute Gasteiger partial charge is 0.213 e. The van der Waals surface area contributed by atoms with Crippen molar-refractivity contribution in [1.82, 2.24) is 4.98 Å². The van der Waals surface area contributed by atoms with E-state index in [2.05, 4.69) is 4.98 Å². The predicted molar refractivity (Wildman–Crippen MR) is 65.5 cm³/mol. The number of hydrogen-bond donors (Lipinski definition) is 1. The second-order valence-electron chi connectivity index (χ2n) is 3.58. The van der Waals surface area contributed by atoms with Gasteiger partial charge in [0.1, 0.15) is 6.61 Å². The molecule has 84 valence electrons. The van der Waals surface area contributed by atoms with Gasteiger partial charge >= 0.3 is 0 Å². The Kier molecular flexibility index (Phi) is 3.54. The summed E-state index contributed by atoms with van der Waals surface area (Å²) >= 11 is 1.68. The minimum atomic E-state index is 0.00656. The van der Waals surface area contributed by atoms with Gasteiger partial charge in [0.15, 0.2) is 0 Å². The molecule has 2 N–H and O–H groups in total. The maximum Gasteiger partial charge on any atom is 0.213 e. The third kappa shape index (κ3) is 2.81. The Balaban J connectivity index is 2.01. The molecule has 2 heterocycles. The Morgan fingerprint density at radius 3 is 3.06 bits per heavy atom. The van der Waals surface area contributed by atoms with Crippen LogP contribution in [0.25, 0.3) is 0 Å². The number of nitrogens with zero attached hydrogens (tertiary/aromatic N) is 1. The van der Waals surface area contributed by atoms with E-state index in [-0.39, 0.29) is 6.04 Å². The summed E-state index contributed by atoms with van der Waals surface area (Å²) in [5, 5.41) is 2.03. The third-order valence-corrected chi connectivity index (χ3v) is 3.08. The topological polar surface area (TPSA) is 48.1 Å². The molecule has 2 aromatic heterocycles. The highest BCUT2D eigenvalue weighted by molar-refractivity contribution is 7.09. The van der Waals surface area contributed by atoms with Gasteiger partial charge in [0.25, 0.3) is 0 Å². The maximum atomic E-state index is 5.79. The molecule has 4 heteroatoms. The summed E-state index contributed by atoms with van der Waals surface area (Å²) < 4.78 is 5.58. The summed E-state index contributed by atoms with van der Waals surface area (Å²) in [5.41, 5.74) is 6.83. The fourth-order valence-electron chi connectivity index (χ4n) is 1.33. The average molecular weight is 234 g/mol. The second kappa shape index (κ2) is 5.09. The summed E-state index contributed by atoms with van der Waals surface area (Å²) in [6.45, 7) is 2.51. The molecule has 16 heavy (non-hydrogen) atoms. The summed E-state index contributed by atoms with van der Waals surface area (Å²) in [6.07, 6.45) is 1.72. The van der Waals surface area contributed by atoms with Gasteiger partial charge in [0.05, 0.1) is 0 Å². The van der Waals surface area contributed by atoms with Crippen LogP contribution < -0.4 is 10.5 Å². The summed E-state index contributed by atoms with van der Waals surface area (Å²) in [5.74, 6) is 0.628. The lowest BCUT2D eigenvalue weighted by Gasteiger charge is -2.08. The van der Waals surface area contributed by atoms with Crippen LogP contribution in [-0.4, -0.2) is 4.98 Å². The van der Waals surface area contributed by atoms with Crippen LogP contribution >= 0.6 is 11.3 Å². The van der Waals surface area contributed by atoms with Crippen molar-refractivity contribution in [2.75, 3.05) is 0 Å². The van der Waals surface area contributed by atoms with Crippen LogP contribution in [0, 0.1) is 0 Å². The van der Waals surface area contributed by atoms with Crippen LogP contribution in [0.15, 0.2) is 35.8 Å². The van der Waals surface area contributed by atoms with Crippen LogP contribution in [0.2, 0.25) is 0 Å². The molecule has 0 aliphatic heterocycles. The Morgan fingerprint density at radius 2 is 2.38 bits per heavy atom. The zero-order chi connectivity index (χ0) is 11.4. The molecule has 0 unspecified atom stereocenters. The fourth-order valence-corrected chi connectivity index (χ4v) is 1.94. The van der Waals surface area contributed by atoms with Crippen LogP contribution in [0.4, 0.5) is 0 Å². The molecule has 0 aliphatic carbocycles. The van der Waals surface area contributed by atoms with Crippen molar-refractivity contribution in [2.24, 2.45) is 5.73 Å². The largest absolute Gasteiger partial charge is 0.472 e. The lowest BCUT2D eigenvalue weighted by atomic mass is 10.1. The molecule has 1 atom stereocenters. The molecule has 0 aromatic carbocycles. The minimum absolute atomic E-state index is 0.00656. The van der Waals surface area contributed by atoms with Gasteiger partial charge in [-0.05, 0) is 30.0 Å². The molecule has 2 rings (SSSR count). The van der Waals surface area contributed by atoms with E-state index in [0.717, 1.165) is 5.56 Å². The maximum absolute atomic E-state index is 5.79. The van der Waals surface area contributed by atoms with Crippen molar-refractivity contribution in [2.45, 2.75) is 19.6 Å². The van der Waals surface area contributed by atoms with Crippen molar-refractivity contribution in [1.29, 1.82) is 0 Å². The fraction of sp³-hybridized carbons (Fsp3) is 0.250. The first-order chi connectivity index (χ1) is 7.75. The molecule has 3 nitrogen and oxygen atoms in total. The van der Waals surface area contributed by atoms with Gasteiger partial charge in [-0.25, -0.2) is 4.98 Å². The minimum Gasteiger partial charge on any atom is -0.472 e. The van der Waals surface area contributed by atoms with Gasteiger partial charge in [0, 0.05) is 23.2 Å². The highest BCUT2D eigenvalue weighted by atomic mass is 32.1. The Morgan fingerprint density at radius 1 is 1.50 bits per heavy atom. The molecule has 0 aliphatic rings. The number of hydrogen-bond acceptors (Lipinski definition) is 4. The van der Waals surface area contributed by atoms with E-state index in [1.54, 1.807) is 17.5 Å². The Bertz CT molecular complexity index is 440. The van der Waals surface area contributed by atoms with Gasteiger partial charge in [0.2, 0.25) is 5.88 Å². The number of rotatable bonds is 4. The third-order valence-electron chi connectivity index (χ3n) is 2.23. The molecule has 0 saturated carbocycles. The van der Waals surface area contributed by atoms with Crippen molar-refractivity contribution < 1.29 is 4.74 Å². The number of aromatic nitrogens is 1. The van der Waals surface area contributed by atoms with E-state index < -0.39 is 0 Å². The first kappa shape index (κ1) is 11.1. The molecule has 0 bridgehead atoms. The zero-order valence-electron chi connectivity index (χ0n) is 9.09. The van der Waals surface area contributed by atoms with Crippen molar-refractivity contribution in [3.05, 3.63) is 46.3 Å². The van der Waals surface area contributed by atoms with E-state index in [9.17, 15) is 0 Å². The van der Waals surface area contributed by atoms with Crippen LogP contribution in [0.3, 0.4) is 0 Å². The van der Waals surface area contributed by atoms with Crippen LogP contribution in [0.1, 0.15) is 23.4 Å². The Labute approximate surface area is 98.9 Å².